The fourth-order valence-corrected chi connectivity index (χ4v) is 2.98. The second kappa shape index (κ2) is 7.57. The maximum atomic E-state index is 12.4. The normalized spacial score (nSPS) is 28.0. The maximum Gasteiger partial charge on any atom is 0.229 e. The monoisotopic (exact) mass is 398 g/mol. The van der Waals surface area contributed by atoms with Gasteiger partial charge < -0.3 is 44.5 Å². The molecule has 3 rings (SSSR count). The molecule has 0 unspecified atom stereocenters. The van der Waals surface area contributed by atoms with Gasteiger partial charge >= 0.3 is 0 Å². The van der Waals surface area contributed by atoms with E-state index in [9.17, 15) is 35.4 Å². The molecule has 154 valence electrons. The van der Waals surface area contributed by atoms with E-state index >= 15 is 0 Å². The molecule has 1 saturated heterocycles. The van der Waals surface area contributed by atoms with Crippen LogP contribution in [0.2, 0.25) is 0 Å². The number of rotatable bonds is 4. The van der Waals surface area contributed by atoms with Crippen molar-refractivity contribution in [2.75, 3.05) is 6.61 Å². The van der Waals surface area contributed by atoms with Crippen molar-refractivity contribution in [1.29, 1.82) is 0 Å². The third-order valence-electron chi connectivity index (χ3n) is 4.59. The lowest BCUT2D eigenvalue weighted by Crippen LogP contribution is -2.60. The van der Waals surface area contributed by atoms with E-state index in [1.165, 1.54) is 6.07 Å². The van der Waals surface area contributed by atoms with Crippen LogP contribution in [0.1, 0.15) is 25.5 Å². The van der Waals surface area contributed by atoms with Crippen molar-refractivity contribution in [3.8, 4) is 17.2 Å². The Morgan fingerprint density at radius 3 is 2.36 bits per heavy atom. The summed E-state index contributed by atoms with van der Waals surface area (Å²) in [6, 6.07) is 2.08. The molecule has 1 aromatic heterocycles. The summed E-state index contributed by atoms with van der Waals surface area (Å²) < 4.78 is 16.3. The van der Waals surface area contributed by atoms with Gasteiger partial charge in [-0.05, 0) is 0 Å². The quantitative estimate of drug-likeness (QED) is 0.395. The summed E-state index contributed by atoms with van der Waals surface area (Å²) in [5.41, 5.74) is -0.841. The van der Waals surface area contributed by atoms with Crippen molar-refractivity contribution in [1.82, 2.24) is 0 Å². The van der Waals surface area contributed by atoms with Crippen molar-refractivity contribution < 1.29 is 44.5 Å². The van der Waals surface area contributed by atoms with E-state index in [0.717, 1.165) is 6.07 Å². The molecule has 5 atom stereocenters. The molecule has 0 radical (unpaired) electrons. The van der Waals surface area contributed by atoms with E-state index < -0.39 is 60.0 Å². The summed E-state index contributed by atoms with van der Waals surface area (Å²) in [4.78, 5) is 12.4. The number of aromatic hydroxyl groups is 2. The Hall–Kier alpha value is -2.37. The van der Waals surface area contributed by atoms with Crippen molar-refractivity contribution in [2.45, 2.75) is 50.5 Å². The number of hydrogen-bond acceptors (Lipinski definition) is 10. The van der Waals surface area contributed by atoms with Crippen molar-refractivity contribution in [3.63, 3.8) is 0 Å². The first kappa shape index (κ1) is 20.4. The number of phenolic OH excluding ortho intramolecular Hbond substituents is 2. The number of fused-ring (bicyclic) bond motifs is 1. The molecule has 1 aliphatic heterocycles. The smallest absolute Gasteiger partial charge is 0.229 e. The highest BCUT2D eigenvalue weighted by Gasteiger charge is 2.45. The zero-order valence-electron chi connectivity index (χ0n) is 15.1. The van der Waals surface area contributed by atoms with Gasteiger partial charge in [-0.1, -0.05) is 13.8 Å². The van der Waals surface area contributed by atoms with Crippen LogP contribution in [0.5, 0.6) is 17.2 Å². The first-order valence-electron chi connectivity index (χ1n) is 8.65. The van der Waals surface area contributed by atoms with Crippen LogP contribution in [0, 0.1) is 0 Å². The van der Waals surface area contributed by atoms with Crippen molar-refractivity contribution in [2.24, 2.45) is 0 Å². The predicted octanol–water partition coefficient (Wildman–Crippen LogP) is -0.494. The Balaban J connectivity index is 2.11. The Bertz CT molecular complexity index is 919. The summed E-state index contributed by atoms with van der Waals surface area (Å²) in [5, 5.41) is 59.1. The molecule has 0 bridgehead atoms. The van der Waals surface area contributed by atoms with Gasteiger partial charge in [0, 0.05) is 18.1 Å². The highest BCUT2D eigenvalue weighted by molar-refractivity contribution is 5.90. The fraction of sp³-hybridized carbons (Fsp3) is 0.500. The van der Waals surface area contributed by atoms with Gasteiger partial charge in [0.25, 0.3) is 0 Å². The van der Waals surface area contributed by atoms with Gasteiger partial charge in [-0.15, -0.1) is 0 Å². The van der Waals surface area contributed by atoms with Crippen LogP contribution in [0.4, 0.5) is 0 Å². The highest BCUT2D eigenvalue weighted by atomic mass is 16.7. The van der Waals surface area contributed by atoms with Gasteiger partial charge in [0.15, 0.2) is 16.8 Å². The summed E-state index contributed by atoms with van der Waals surface area (Å²) in [6.45, 7) is 2.87. The number of aliphatic hydroxyl groups is 4. The molecule has 2 aromatic rings. The van der Waals surface area contributed by atoms with Crippen LogP contribution >= 0.6 is 0 Å². The van der Waals surface area contributed by atoms with Crippen LogP contribution in [0.25, 0.3) is 11.0 Å². The van der Waals surface area contributed by atoms with Gasteiger partial charge in [0.1, 0.15) is 41.3 Å². The van der Waals surface area contributed by atoms with E-state index in [1.54, 1.807) is 13.8 Å². The Labute approximate surface area is 158 Å². The number of hydrogen-bond donors (Lipinski definition) is 6. The Morgan fingerprint density at radius 2 is 1.75 bits per heavy atom. The zero-order chi connectivity index (χ0) is 20.7. The third-order valence-corrected chi connectivity index (χ3v) is 4.59. The summed E-state index contributed by atoms with van der Waals surface area (Å²) >= 11 is 0. The van der Waals surface area contributed by atoms with Crippen molar-refractivity contribution in [3.05, 3.63) is 28.1 Å². The topological polar surface area (TPSA) is 170 Å². The molecule has 0 amide bonds. The molecular formula is C18H22O10. The second-order valence-electron chi connectivity index (χ2n) is 6.93. The molecule has 1 aromatic carbocycles. The van der Waals surface area contributed by atoms with Crippen LogP contribution in [-0.2, 0) is 4.74 Å². The molecule has 10 heteroatoms. The minimum absolute atomic E-state index is 0.193. The van der Waals surface area contributed by atoms with E-state index in [1.807, 2.05) is 0 Å². The van der Waals surface area contributed by atoms with Crippen LogP contribution in [0.15, 0.2) is 21.3 Å². The Morgan fingerprint density at radius 1 is 1.07 bits per heavy atom. The summed E-state index contributed by atoms with van der Waals surface area (Å²) in [6.07, 6.45) is -7.86. The fourth-order valence-electron chi connectivity index (χ4n) is 2.98. The molecule has 1 aliphatic rings. The van der Waals surface area contributed by atoms with Crippen molar-refractivity contribution >= 4 is 11.0 Å². The van der Waals surface area contributed by atoms with Gasteiger partial charge in [-0.2, -0.15) is 0 Å². The van der Waals surface area contributed by atoms with E-state index in [4.69, 9.17) is 13.9 Å². The standard InChI is InChI=1S/C18H22O10/c1-6(2)10-4-8(21)12-7(20)3-9(22)16(17(12)26-10)28-18-15(25)14(24)13(23)11(5-19)27-18/h3-4,6,11,13-15,18-20,22-25H,5H2,1-2H3/t11-,13-,14+,15-,18-/m1/s1. The third kappa shape index (κ3) is 3.40. The van der Waals surface area contributed by atoms with E-state index in [2.05, 4.69) is 0 Å². The maximum absolute atomic E-state index is 12.4. The molecule has 0 aliphatic carbocycles. The van der Waals surface area contributed by atoms with Gasteiger partial charge in [0.05, 0.1) is 6.61 Å². The van der Waals surface area contributed by atoms with Gasteiger partial charge in [-0.25, -0.2) is 0 Å². The molecule has 28 heavy (non-hydrogen) atoms. The van der Waals surface area contributed by atoms with E-state index in [-0.39, 0.29) is 22.6 Å². The highest BCUT2D eigenvalue weighted by Crippen LogP contribution is 2.41. The largest absolute Gasteiger partial charge is 0.507 e. The number of aliphatic hydroxyl groups excluding tert-OH is 4. The first-order valence-corrected chi connectivity index (χ1v) is 8.65. The second-order valence-corrected chi connectivity index (χ2v) is 6.93. The van der Waals surface area contributed by atoms with E-state index in [0.29, 0.717) is 0 Å². The molecular weight excluding hydrogens is 376 g/mol. The van der Waals surface area contributed by atoms with Gasteiger partial charge in [0.2, 0.25) is 12.0 Å². The molecule has 10 nitrogen and oxygen atoms in total. The first-order chi connectivity index (χ1) is 13.1. The van der Waals surface area contributed by atoms with Gasteiger partial charge in [-0.3, -0.25) is 4.79 Å². The SMILES string of the molecule is CC(C)c1cc(=O)c2c(O)cc(O)c(O[C@H]3O[C@H](CO)[C@@H](O)[C@H](O)[C@H]3O)c2o1. The molecule has 1 fully saturated rings. The van der Waals surface area contributed by atoms with Crippen LogP contribution in [-0.4, -0.2) is 68.0 Å². The molecule has 0 saturated carbocycles. The molecule has 0 spiro atoms. The minimum atomic E-state index is -1.74. The lowest BCUT2D eigenvalue weighted by atomic mass is 9.99. The summed E-state index contributed by atoms with van der Waals surface area (Å²) in [5.74, 6) is -1.47. The number of phenols is 2. The average Bonchev–Trinajstić information content (AvgIpc) is 2.64. The van der Waals surface area contributed by atoms with Crippen LogP contribution in [0.3, 0.4) is 0 Å². The minimum Gasteiger partial charge on any atom is -0.507 e. The zero-order valence-corrected chi connectivity index (χ0v) is 15.1. The average molecular weight is 398 g/mol. The number of ether oxygens (including phenoxy) is 2. The lowest BCUT2D eigenvalue weighted by molar-refractivity contribution is -0.277. The summed E-state index contributed by atoms with van der Waals surface area (Å²) in [7, 11) is 0. The molecule has 2 heterocycles. The lowest BCUT2D eigenvalue weighted by Gasteiger charge is -2.39. The number of benzene rings is 1. The van der Waals surface area contributed by atoms with Crippen LogP contribution < -0.4 is 10.2 Å². The Kier molecular flexibility index (Phi) is 5.50. The molecule has 6 N–H and O–H groups in total. The predicted molar refractivity (Wildman–Crippen MR) is 94.3 cm³/mol.